The molecule has 0 heterocycles. The van der Waals surface area contributed by atoms with E-state index in [9.17, 15) is 10.2 Å². The highest BCUT2D eigenvalue weighted by Crippen LogP contribution is 2.29. The number of phenolic OH excluding ortho intramolecular Hbond substituents is 2. The second-order valence-electron chi connectivity index (χ2n) is 4.77. The number of phenols is 2. The van der Waals surface area contributed by atoms with E-state index in [1.807, 2.05) is 42.5 Å². The molecule has 0 radical (unpaired) electrons. The molecule has 0 aliphatic heterocycles. The molecule has 3 nitrogen and oxygen atoms in total. The number of hydrogen-bond donors (Lipinski definition) is 3. The predicted molar refractivity (Wildman–Crippen MR) is 84.9 cm³/mol. The average Bonchev–Trinajstić information content (AvgIpc) is 2.53. The van der Waals surface area contributed by atoms with Crippen molar-refractivity contribution in [1.82, 2.24) is 0 Å². The van der Waals surface area contributed by atoms with Gasteiger partial charge >= 0.3 is 0 Å². The standard InChI is InChI=1S/C18H15NO2/c20-17-11-10-16(12-18(17)21)19-15-8-6-14(7-9-15)13-4-2-1-3-5-13/h1-12,19-21H. The molecule has 0 saturated carbocycles. The van der Waals surface area contributed by atoms with Crippen molar-refractivity contribution in [2.75, 3.05) is 5.32 Å². The molecule has 0 aliphatic carbocycles. The van der Waals surface area contributed by atoms with Gasteiger partial charge in [-0.3, -0.25) is 0 Å². The van der Waals surface area contributed by atoms with Gasteiger partial charge in [-0.05, 0) is 35.4 Å². The van der Waals surface area contributed by atoms with Crippen molar-refractivity contribution < 1.29 is 10.2 Å². The first kappa shape index (κ1) is 13.1. The quantitative estimate of drug-likeness (QED) is 0.487. The van der Waals surface area contributed by atoms with E-state index in [2.05, 4.69) is 17.4 Å². The summed E-state index contributed by atoms with van der Waals surface area (Å²) < 4.78 is 0. The molecular weight excluding hydrogens is 262 g/mol. The Balaban J connectivity index is 1.80. The van der Waals surface area contributed by atoms with E-state index in [-0.39, 0.29) is 11.5 Å². The third-order valence-electron chi connectivity index (χ3n) is 3.26. The lowest BCUT2D eigenvalue weighted by molar-refractivity contribution is 0.404. The third kappa shape index (κ3) is 2.98. The maximum Gasteiger partial charge on any atom is 0.159 e. The average molecular weight is 277 g/mol. The van der Waals surface area contributed by atoms with Gasteiger partial charge < -0.3 is 15.5 Å². The monoisotopic (exact) mass is 277 g/mol. The highest BCUT2D eigenvalue weighted by molar-refractivity contribution is 5.69. The lowest BCUT2D eigenvalue weighted by atomic mass is 10.1. The Morgan fingerprint density at radius 2 is 1.19 bits per heavy atom. The highest BCUT2D eigenvalue weighted by Gasteiger charge is 2.02. The summed E-state index contributed by atoms with van der Waals surface area (Å²) in [5, 5.41) is 22.0. The van der Waals surface area contributed by atoms with Gasteiger partial charge in [0.05, 0.1) is 0 Å². The van der Waals surface area contributed by atoms with E-state index < -0.39 is 0 Å². The van der Waals surface area contributed by atoms with Crippen molar-refractivity contribution in [3.05, 3.63) is 72.8 Å². The minimum Gasteiger partial charge on any atom is -0.504 e. The van der Waals surface area contributed by atoms with Gasteiger partial charge in [-0.1, -0.05) is 42.5 Å². The first-order valence-corrected chi connectivity index (χ1v) is 6.67. The fourth-order valence-corrected chi connectivity index (χ4v) is 2.14. The summed E-state index contributed by atoms with van der Waals surface area (Å²) >= 11 is 0. The van der Waals surface area contributed by atoms with Crippen LogP contribution in [0.15, 0.2) is 72.8 Å². The van der Waals surface area contributed by atoms with Crippen LogP contribution in [0.2, 0.25) is 0 Å². The minimum atomic E-state index is -0.138. The van der Waals surface area contributed by atoms with Crippen LogP contribution in [0.25, 0.3) is 11.1 Å². The number of rotatable bonds is 3. The van der Waals surface area contributed by atoms with Gasteiger partial charge in [0, 0.05) is 17.4 Å². The summed E-state index contributed by atoms with van der Waals surface area (Å²) in [4.78, 5) is 0. The van der Waals surface area contributed by atoms with Gasteiger partial charge in [0.1, 0.15) is 0 Å². The number of anilines is 2. The Labute approximate surface area is 123 Å². The van der Waals surface area contributed by atoms with Crippen LogP contribution >= 0.6 is 0 Å². The number of hydrogen-bond acceptors (Lipinski definition) is 3. The van der Waals surface area contributed by atoms with Crippen LogP contribution in [0.1, 0.15) is 0 Å². The molecule has 3 N–H and O–H groups in total. The topological polar surface area (TPSA) is 52.5 Å². The second-order valence-corrected chi connectivity index (χ2v) is 4.77. The first-order chi connectivity index (χ1) is 10.2. The van der Waals surface area contributed by atoms with Crippen molar-refractivity contribution in [2.24, 2.45) is 0 Å². The number of nitrogens with one attached hydrogen (secondary N) is 1. The molecule has 21 heavy (non-hydrogen) atoms. The molecule has 0 saturated heterocycles. The lowest BCUT2D eigenvalue weighted by Crippen LogP contribution is -1.89. The SMILES string of the molecule is Oc1ccc(Nc2ccc(-c3ccccc3)cc2)cc1O. The Morgan fingerprint density at radius 1 is 0.571 bits per heavy atom. The van der Waals surface area contributed by atoms with Crippen molar-refractivity contribution in [1.29, 1.82) is 0 Å². The zero-order chi connectivity index (χ0) is 14.7. The Bertz CT molecular complexity index is 737. The summed E-state index contributed by atoms with van der Waals surface area (Å²) in [5.74, 6) is -0.263. The van der Waals surface area contributed by atoms with Gasteiger partial charge in [0.15, 0.2) is 11.5 Å². The van der Waals surface area contributed by atoms with Crippen molar-refractivity contribution in [3.8, 4) is 22.6 Å². The Morgan fingerprint density at radius 3 is 1.86 bits per heavy atom. The Hall–Kier alpha value is -2.94. The molecule has 0 spiro atoms. The molecule has 0 aliphatic rings. The molecule has 104 valence electrons. The van der Waals surface area contributed by atoms with Crippen LogP contribution in [0.3, 0.4) is 0 Å². The molecule has 0 bridgehead atoms. The third-order valence-corrected chi connectivity index (χ3v) is 3.26. The van der Waals surface area contributed by atoms with E-state index in [0.29, 0.717) is 0 Å². The molecule has 3 aromatic carbocycles. The van der Waals surface area contributed by atoms with Crippen LogP contribution in [0, 0.1) is 0 Å². The van der Waals surface area contributed by atoms with Crippen LogP contribution in [-0.2, 0) is 0 Å². The highest BCUT2D eigenvalue weighted by atomic mass is 16.3. The van der Waals surface area contributed by atoms with E-state index >= 15 is 0 Å². The number of aromatic hydroxyl groups is 2. The maximum absolute atomic E-state index is 9.48. The zero-order valence-corrected chi connectivity index (χ0v) is 11.3. The van der Waals surface area contributed by atoms with Crippen LogP contribution < -0.4 is 5.32 Å². The normalized spacial score (nSPS) is 10.3. The summed E-state index contributed by atoms with van der Waals surface area (Å²) in [6.07, 6.45) is 0. The Kier molecular flexibility index (Phi) is 3.48. The molecule has 0 aromatic heterocycles. The fourth-order valence-electron chi connectivity index (χ4n) is 2.14. The largest absolute Gasteiger partial charge is 0.504 e. The fraction of sp³-hybridized carbons (Fsp3) is 0. The van der Waals surface area contributed by atoms with Crippen molar-refractivity contribution in [3.63, 3.8) is 0 Å². The molecule has 0 atom stereocenters. The number of benzene rings is 3. The molecular formula is C18H15NO2. The van der Waals surface area contributed by atoms with E-state index in [1.165, 1.54) is 17.7 Å². The van der Waals surface area contributed by atoms with Crippen LogP contribution in [0.4, 0.5) is 11.4 Å². The molecule has 0 unspecified atom stereocenters. The maximum atomic E-state index is 9.48. The van der Waals surface area contributed by atoms with Crippen molar-refractivity contribution in [2.45, 2.75) is 0 Å². The van der Waals surface area contributed by atoms with Gasteiger partial charge in [-0.15, -0.1) is 0 Å². The van der Waals surface area contributed by atoms with Crippen LogP contribution in [0.5, 0.6) is 11.5 Å². The zero-order valence-electron chi connectivity index (χ0n) is 11.3. The summed E-state index contributed by atoms with van der Waals surface area (Å²) in [6.45, 7) is 0. The van der Waals surface area contributed by atoms with E-state index in [1.54, 1.807) is 6.07 Å². The van der Waals surface area contributed by atoms with Gasteiger partial charge in [-0.25, -0.2) is 0 Å². The summed E-state index contributed by atoms with van der Waals surface area (Å²) in [6, 6.07) is 22.9. The van der Waals surface area contributed by atoms with Crippen LogP contribution in [-0.4, -0.2) is 10.2 Å². The van der Waals surface area contributed by atoms with Gasteiger partial charge in [0.25, 0.3) is 0 Å². The van der Waals surface area contributed by atoms with Gasteiger partial charge in [-0.2, -0.15) is 0 Å². The lowest BCUT2D eigenvalue weighted by Gasteiger charge is -2.09. The predicted octanol–water partition coefficient (Wildman–Crippen LogP) is 4.51. The van der Waals surface area contributed by atoms with Gasteiger partial charge in [0.2, 0.25) is 0 Å². The summed E-state index contributed by atoms with van der Waals surface area (Å²) in [5.41, 5.74) is 3.96. The smallest absolute Gasteiger partial charge is 0.159 e. The first-order valence-electron chi connectivity index (χ1n) is 6.67. The second kappa shape index (κ2) is 5.59. The minimum absolute atomic E-state index is 0.125. The molecule has 3 rings (SSSR count). The van der Waals surface area contributed by atoms with E-state index in [0.717, 1.165) is 16.9 Å². The summed E-state index contributed by atoms with van der Waals surface area (Å²) in [7, 11) is 0. The van der Waals surface area contributed by atoms with E-state index in [4.69, 9.17) is 0 Å². The molecule has 0 amide bonds. The molecule has 0 fully saturated rings. The molecule has 3 aromatic rings. The van der Waals surface area contributed by atoms with Crippen molar-refractivity contribution >= 4 is 11.4 Å². The molecule has 3 heteroatoms.